The Morgan fingerprint density at radius 2 is 1.90 bits per heavy atom. The lowest BCUT2D eigenvalue weighted by molar-refractivity contribution is 0.951. The van der Waals surface area contributed by atoms with Crippen molar-refractivity contribution in [3.63, 3.8) is 0 Å². The number of pyridine rings is 1. The Morgan fingerprint density at radius 3 is 2.60 bits per heavy atom. The van der Waals surface area contributed by atoms with Gasteiger partial charge in [0.25, 0.3) is 0 Å². The molecule has 0 amide bonds. The molecule has 3 aromatic rings. The summed E-state index contributed by atoms with van der Waals surface area (Å²) in [6, 6.07) is 10.3. The molecule has 0 aliphatic carbocycles. The van der Waals surface area contributed by atoms with E-state index in [1.54, 1.807) is 0 Å². The van der Waals surface area contributed by atoms with E-state index in [2.05, 4.69) is 27.8 Å². The van der Waals surface area contributed by atoms with Gasteiger partial charge in [-0.2, -0.15) is 0 Å². The normalized spacial score (nSPS) is 11.2. The van der Waals surface area contributed by atoms with Gasteiger partial charge in [-0.25, -0.2) is 4.98 Å². The highest BCUT2D eigenvalue weighted by Crippen LogP contribution is 2.26. The van der Waals surface area contributed by atoms with Crippen LogP contribution in [0.5, 0.6) is 0 Å². The van der Waals surface area contributed by atoms with Crippen LogP contribution >= 0.6 is 0 Å². The first-order valence-corrected chi connectivity index (χ1v) is 6.70. The summed E-state index contributed by atoms with van der Waals surface area (Å²) in [5.41, 5.74) is 12.0. The number of fused-ring (bicyclic) bond motifs is 1. The predicted molar refractivity (Wildman–Crippen MR) is 81.3 cm³/mol. The third-order valence-corrected chi connectivity index (χ3v) is 3.65. The lowest BCUT2D eigenvalue weighted by atomic mass is 10.2. The largest absolute Gasteiger partial charge is 0.327 e. The van der Waals surface area contributed by atoms with Gasteiger partial charge in [0.15, 0.2) is 0 Å². The number of imidazole rings is 1. The second-order valence-electron chi connectivity index (χ2n) is 5.11. The average molecular weight is 266 g/mol. The van der Waals surface area contributed by atoms with Crippen LogP contribution in [-0.2, 0) is 13.6 Å². The molecule has 0 unspecified atom stereocenters. The standard InChI is InChI=1S/C16H18N4/c1-10-4-6-13(11(2)18-10)16-19-14-8-12(9-17)5-7-15(14)20(16)3/h4-8H,9,17H2,1-3H3. The van der Waals surface area contributed by atoms with Crippen LogP contribution < -0.4 is 5.73 Å². The molecule has 0 spiro atoms. The maximum absolute atomic E-state index is 5.69. The minimum absolute atomic E-state index is 0.535. The van der Waals surface area contributed by atoms with Gasteiger partial charge in [0.2, 0.25) is 0 Å². The van der Waals surface area contributed by atoms with E-state index in [-0.39, 0.29) is 0 Å². The fraction of sp³-hybridized carbons (Fsp3) is 0.250. The molecule has 2 N–H and O–H groups in total. The number of rotatable bonds is 2. The van der Waals surface area contributed by atoms with Crippen molar-refractivity contribution < 1.29 is 0 Å². The molecule has 0 aliphatic heterocycles. The van der Waals surface area contributed by atoms with E-state index in [4.69, 9.17) is 10.7 Å². The summed E-state index contributed by atoms with van der Waals surface area (Å²) in [6.07, 6.45) is 0. The lowest BCUT2D eigenvalue weighted by Crippen LogP contribution is -1.97. The van der Waals surface area contributed by atoms with Gasteiger partial charge < -0.3 is 10.3 Å². The molecular formula is C16H18N4. The molecule has 4 heteroatoms. The molecule has 0 radical (unpaired) electrons. The summed E-state index contributed by atoms with van der Waals surface area (Å²) in [7, 11) is 2.03. The van der Waals surface area contributed by atoms with Crippen molar-refractivity contribution in [2.45, 2.75) is 20.4 Å². The Bertz CT molecular complexity index is 787. The molecule has 102 valence electrons. The maximum Gasteiger partial charge on any atom is 0.142 e. The minimum atomic E-state index is 0.535. The first-order valence-electron chi connectivity index (χ1n) is 6.70. The van der Waals surface area contributed by atoms with E-state index in [9.17, 15) is 0 Å². The molecule has 0 atom stereocenters. The van der Waals surface area contributed by atoms with Crippen LogP contribution in [-0.4, -0.2) is 14.5 Å². The number of benzene rings is 1. The Hall–Kier alpha value is -2.20. The molecule has 0 saturated heterocycles. The summed E-state index contributed by atoms with van der Waals surface area (Å²) in [6.45, 7) is 4.55. The van der Waals surface area contributed by atoms with E-state index in [0.717, 1.165) is 39.4 Å². The Kier molecular flexibility index (Phi) is 3.03. The summed E-state index contributed by atoms with van der Waals surface area (Å²) in [5, 5.41) is 0. The van der Waals surface area contributed by atoms with Gasteiger partial charge in [0.05, 0.1) is 11.0 Å². The van der Waals surface area contributed by atoms with Crippen LogP contribution in [0.4, 0.5) is 0 Å². The Labute approximate surface area is 118 Å². The zero-order chi connectivity index (χ0) is 14.3. The highest BCUT2D eigenvalue weighted by Gasteiger charge is 2.12. The molecule has 2 aromatic heterocycles. The van der Waals surface area contributed by atoms with Crippen LogP contribution in [0.15, 0.2) is 30.3 Å². The smallest absolute Gasteiger partial charge is 0.142 e. The molecular weight excluding hydrogens is 248 g/mol. The van der Waals surface area contributed by atoms with Crippen molar-refractivity contribution in [1.29, 1.82) is 0 Å². The molecule has 2 heterocycles. The molecule has 0 saturated carbocycles. The summed E-state index contributed by atoms with van der Waals surface area (Å²) < 4.78 is 2.11. The summed E-state index contributed by atoms with van der Waals surface area (Å²) >= 11 is 0. The molecule has 0 aliphatic rings. The van der Waals surface area contributed by atoms with Gasteiger partial charge in [-0.1, -0.05) is 6.07 Å². The van der Waals surface area contributed by atoms with Crippen molar-refractivity contribution >= 4 is 11.0 Å². The second kappa shape index (κ2) is 4.72. The second-order valence-corrected chi connectivity index (χ2v) is 5.11. The number of hydrogen-bond donors (Lipinski definition) is 1. The fourth-order valence-electron chi connectivity index (χ4n) is 2.54. The third-order valence-electron chi connectivity index (χ3n) is 3.65. The first kappa shape index (κ1) is 12.8. The van der Waals surface area contributed by atoms with Crippen molar-refractivity contribution in [3.05, 3.63) is 47.3 Å². The minimum Gasteiger partial charge on any atom is -0.327 e. The van der Waals surface area contributed by atoms with E-state index in [0.29, 0.717) is 6.54 Å². The molecule has 20 heavy (non-hydrogen) atoms. The number of nitrogens with two attached hydrogens (primary N) is 1. The quantitative estimate of drug-likeness (QED) is 0.776. The van der Waals surface area contributed by atoms with E-state index in [1.807, 2.05) is 33.0 Å². The van der Waals surface area contributed by atoms with Gasteiger partial charge in [-0.05, 0) is 43.7 Å². The lowest BCUT2D eigenvalue weighted by Gasteiger charge is -2.06. The van der Waals surface area contributed by atoms with Crippen LogP contribution in [0.2, 0.25) is 0 Å². The number of nitrogens with zero attached hydrogens (tertiary/aromatic N) is 3. The maximum atomic E-state index is 5.69. The molecule has 0 bridgehead atoms. The number of hydrogen-bond acceptors (Lipinski definition) is 3. The van der Waals surface area contributed by atoms with Gasteiger partial charge in [0.1, 0.15) is 5.82 Å². The van der Waals surface area contributed by atoms with E-state index >= 15 is 0 Å². The van der Waals surface area contributed by atoms with Crippen LogP contribution in [0.25, 0.3) is 22.4 Å². The van der Waals surface area contributed by atoms with Crippen molar-refractivity contribution in [3.8, 4) is 11.4 Å². The molecule has 4 nitrogen and oxygen atoms in total. The predicted octanol–water partition coefficient (Wildman–Crippen LogP) is 2.71. The monoisotopic (exact) mass is 266 g/mol. The van der Waals surface area contributed by atoms with E-state index in [1.165, 1.54) is 0 Å². The van der Waals surface area contributed by atoms with Crippen molar-refractivity contribution in [2.75, 3.05) is 0 Å². The van der Waals surface area contributed by atoms with Crippen LogP contribution in [0.3, 0.4) is 0 Å². The van der Waals surface area contributed by atoms with Crippen molar-refractivity contribution in [1.82, 2.24) is 14.5 Å². The fourth-order valence-corrected chi connectivity index (χ4v) is 2.54. The molecule has 1 aromatic carbocycles. The van der Waals surface area contributed by atoms with Gasteiger partial charge >= 0.3 is 0 Å². The average Bonchev–Trinajstić information content (AvgIpc) is 2.75. The molecule has 0 fully saturated rings. The van der Waals surface area contributed by atoms with Gasteiger partial charge in [-0.3, -0.25) is 4.98 Å². The van der Waals surface area contributed by atoms with Gasteiger partial charge in [-0.15, -0.1) is 0 Å². The van der Waals surface area contributed by atoms with Crippen molar-refractivity contribution in [2.24, 2.45) is 12.8 Å². The number of aromatic nitrogens is 3. The highest BCUT2D eigenvalue weighted by atomic mass is 15.1. The summed E-state index contributed by atoms with van der Waals surface area (Å²) in [4.78, 5) is 9.27. The first-order chi connectivity index (χ1) is 9.60. The molecule has 3 rings (SSSR count). The Morgan fingerprint density at radius 1 is 1.10 bits per heavy atom. The zero-order valence-corrected chi connectivity index (χ0v) is 12.0. The zero-order valence-electron chi connectivity index (χ0n) is 12.0. The summed E-state index contributed by atoms with van der Waals surface area (Å²) in [5.74, 6) is 0.944. The highest BCUT2D eigenvalue weighted by molar-refractivity contribution is 5.81. The Balaban J connectivity index is 2.23. The van der Waals surface area contributed by atoms with Gasteiger partial charge in [0, 0.05) is 30.5 Å². The topological polar surface area (TPSA) is 56.7 Å². The van der Waals surface area contributed by atoms with Crippen LogP contribution in [0.1, 0.15) is 17.0 Å². The van der Waals surface area contributed by atoms with E-state index < -0.39 is 0 Å². The third kappa shape index (κ3) is 1.98. The number of aryl methyl sites for hydroxylation is 3. The van der Waals surface area contributed by atoms with Crippen LogP contribution in [0, 0.1) is 13.8 Å². The SMILES string of the molecule is Cc1ccc(-c2nc3cc(CN)ccc3n2C)c(C)n1.